The van der Waals surface area contributed by atoms with Crippen molar-refractivity contribution < 1.29 is 23.6 Å². The first-order chi connectivity index (χ1) is 4.86. The summed E-state index contributed by atoms with van der Waals surface area (Å²) in [5.41, 5.74) is 0.987. The van der Waals surface area contributed by atoms with Crippen molar-refractivity contribution in [2.75, 3.05) is 7.11 Å². The summed E-state index contributed by atoms with van der Waals surface area (Å²) in [5, 5.41) is 0. The van der Waals surface area contributed by atoms with Crippen molar-refractivity contribution in [1.82, 2.24) is 0 Å². The van der Waals surface area contributed by atoms with Crippen molar-refractivity contribution >= 4 is 0 Å². The van der Waals surface area contributed by atoms with Gasteiger partial charge < -0.3 is 4.74 Å². The van der Waals surface area contributed by atoms with E-state index >= 15 is 0 Å². The molecule has 0 saturated heterocycles. The van der Waals surface area contributed by atoms with Gasteiger partial charge in [0.05, 0.1) is 12.9 Å². The van der Waals surface area contributed by atoms with Gasteiger partial charge in [-0.3, -0.25) is 0 Å². The summed E-state index contributed by atoms with van der Waals surface area (Å²) in [5.74, 6) is 0.860. The normalized spacial score (nSPS) is 8.09. The summed E-state index contributed by atoms with van der Waals surface area (Å²) in [6.45, 7) is 3.52. The van der Waals surface area contributed by atoms with Crippen molar-refractivity contribution in [1.29, 1.82) is 0 Å². The zero-order chi connectivity index (χ0) is 7.40. The van der Waals surface area contributed by atoms with E-state index in [1.165, 1.54) is 0 Å². The minimum atomic E-state index is 0. The number of methoxy groups -OCH3 is 1. The zero-order valence-corrected chi connectivity index (χ0v) is 6.92. The van der Waals surface area contributed by atoms with Crippen LogP contribution in [0.3, 0.4) is 0 Å². The third-order valence-corrected chi connectivity index (χ3v) is 1.29. The largest absolute Gasteiger partial charge is 1.00 e. The average Bonchev–Trinajstić information content (AvgIpc) is 2.05. The van der Waals surface area contributed by atoms with E-state index in [4.69, 9.17) is 4.74 Å². The predicted molar refractivity (Wildman–Crippen MR) is 41.0 cm³/mol. The van der Waals surface area contributed by atoms with E-state index in [1.807, 2.05) is 24.3 Å². The molecule has 52 valence electrons. The van der Waals surface area contributed by atoms with Gasteiger partial charge in [0.2, 0.25) is 0 Å². The van der Waals surface area contributed by atoms with Gasteiger partial charge >= 0.3 is 18.9 Å². The molecule has 11 heavy (non-hydrogen) atoms. The van der Waals surface area contributed by atoms with Crippen LogP contribution in [0.2, 0.25) is 0 Å². The first-order valence-electron chi connectivity index (χ1n) is 3.04. The van der Waals surface area contributed by atoms with Crippen molar-refractivity contribution in [2.24, 2.45) is 0 Å². The molecule has 0 aromatic heterocycles. The Morgan fingerprint density at radius 1 is 1.27 bits per heavy atom. The minimum absolute atomic E-state index is 0. The molecule has 0 atom stereocenters. The van der Waals surface area contributed by atoms with Gasteiger partial charge in [-0.1, -0.05) is 12.1 Å². The van der Waals surface area contributed by atoms with E-state index < -0.39 is 0 Å². The molecule has 2 heteroatoms. The molecule has 0 aliphatic heterocycles. The number of benzene rings is 1. The standard InChI is InChI=1S/C9H9O.Li/c1-3-8-4-6-9(10-2)7-5-8;/h4-7H,1H2,2H3;/q-1;+1. The molecule has 0 unspecified atom stereocenters. The van der Waals surface area contributed by atoms with Crippen LogP contribution in [0.1, 0.15) is 5.56 Å². The first kappa shape index (κ1) is 10.4. The Bertz CT molecular complexity index is 216. The summed E-state index contributed by atoms with van der Waals surface area (Å²) in [6.07, 6.45) is 2.77. The van der Waals surface area contributed by atoms with Gasteiger partial charge in [-0.25, -0.2) is 0 Å². The summed E-state index contributed by atoms with van der Waals surface area (Å²) < 4.78 is 4.97. The van der Waals surface area contributed by atoms with Crippen LogP contribution in [-0.4, -0.2) is 7.11 Å². The van der Waals surface area contributed by atoms with Crippen LogP contribution in [0, 0.1) is 6.08 Å². The monoisotopic (exact) mass is 140 g/mol. The molecule has 0 bridgehead atoms. The number of hydrogen-bond donors (Lipinski definition) is 0. The fraction of sp³-hybridized carbons (Fsp3) is 0.111. The molecule has 0 aliphatic rings. The second kappa shape index (κ2) is 5.07. The van der Waals surface area contributed by atoms with Crippen LogP contribution in [0.25, 0.3) is 0 Å². The SMILES string of the molecule is C=[C-]c1ccc(OC)cc1.[Li+]. The van der Waals surface area contributed by atoms with Crippen LogP contribution >= 0.6 is 0 Å². The van der Waals surface area contributed by atoms with Crippen LogP contribution in [0.15, 0.2) is 30.8 Å². The quantitative estimate of drug-likeness (QED) is 0.379. The Morgan fingerprint density at radius 3 is 2.18 bits per heavy atom. The van der Waals surface area contributed by atoms with Crippen molar-refractivity contribution in [2.45, 2.75) is 0 Å². The Morgan fingerprint density at radius 2 is 1.82 bits per heavy atom. The second-order valence-corrected chi connectivity index (χ2v) is 1.91. The first-order valence-corrected chi connectivity index (χ1v) is 3.04. The molecule has 0 aliphatic carbocycles. The molecule has 1 nitrogen and oxygen atoms in total. The predicted octanol–water partition coefficient (Wildman–Crippen LogP) is -0.964. The molecule has 0 heterocycles. The number of rotatable bonds is 2. The van der Waals surface area contributed by atoms with Gasteiger partial charge in [0.1, 0.15) is 0 Å². The summed E-state index contributed by atoms with van der Waals surface area (Å²) in [6, 6.07) is 7.58. The van der Waals surface area contributed by atoms with Gasteiger partial charge in [-0.15, -0.1) is 0 Å². The van der Waals surface area contributed by atoms with E-state index in [2.05, 4.69) is 12.7 Å². The molecule has 1 aromatic rings. The fourth-order valence-corrected chi connectivity index (χ4v) is 0.709. The van der Waals surface area contributed by atoms with Crippen molar-refractivity contribution in [3.05, 3.63) is 42.5 Å². The van der Waals surface area contributed by atoms with Crippen LogP contribution < -0.4 is 23.6 Å². The average molecular weight is 140 g/mol. The third kappa shape index (κ3) is 2.84. The van der Waals surface area contributed by atoms with Crippen LogP contribution in [-0.2, 0) is 0 Å². The molecule has 0 fully saturated rings. The summed E-state index contributed by atoms with van der Waals surface area (Å²) >= 11 is 0. The smallest absolute Gasteiger partial charge is 0.499 e. The molecule has 0 spiro atoms. The van der Waals surface area contributed by atoms with E-state index in [-0.39, 0.29) is 18.9 Å². The van der Waals surface area contributed by atoms with E-state index in [0.717, 1.165) is 11.3 Å². The maximum absolute atomic E-state index is 4.97. The number of hydrogen-bond acceptors (Lipinski definition) is 1. The molecular weight excluding hydrogens is 131 g/mol. The van der Waals surface area contributed by atoms with Crippen molar-refractivity contribution in [3.8, 4) is 5.75 Å². The van der Waals surface area contributed by atoms with E-state index in [9.17, 15) is 0 Å². The Labute approximate surface area is 79.2 Å². The molecular formula is C9H9LiO. The maximum atomic E-state index is 4.97. The van der Waals surface area contributed by atoms with Gasteiger partial charge in [0.25, 0.3) is 0 Å². The topological polar surface area (TPSA) is 9.23 Å². The molecule has 0 N–H and O–H groups in total. The third-order valence-electron chi connectivity index (χ3n) is 1.29. The summed E-state index contributed by atoms with van der Waals surface area (Å²) in [7, 11) is 1.65. The van der Waals surface area contributed by atoms with Gasteiger partial charge in [0.15, 0.2) is 0 Å². The summed E-state index contributed by atoms with van der Waals surface area (Å²) in [4.78, 5) is 0. The molecule has 1 rings (SSSR count). The second-order valence-electron chi connectivity index (χ2n) is 1.91. The van der Waals surface area contributed by atoms with Gasteiger partial charge in [0, 0.05) is 0 Å². The van der Waals surface area contributed by atoms with E-state index in [1.54, 1.807) is 7.11 Å². The maximum Gasteiger partial charge on any atom is 1.00 e. The van der Waals surface area contributed by atoms with Crippen LogP contribution in [0.5, 0.6) is 5.75 Å². The molecule has 0 radical (unpaired) electrons. The van der Waals surface area contributed by atoms with E-state index in [0.29, 0.717) is 0 Å². The van der Waals surface area contributed by atoms with Crippen molar-refractivity contribution in [3.63, 3.8) is 0 Å². The molecule has 1 aromatic carbocycles. The fourth-order valence-electron chi connectivity index (χ4n) is 0.709. The van der Waals surface area contributed by atoms with Gasteiger partial charge in [-0.05, 0) is 0 Å². The van der Waals surface area contributed by atoms with Gasteiger partial charge in [-0.2, -0.15) is 30.4 Å². The van der Waals surface area contributed by atoms with Crippen LogP contribution in [0.4, 0.5) is 0 Å². The molecule has 0 amide bonds. The molecule has 0 saturated carbocycles. The Balaban J connectivity index is 0.000001000. The Hall–Kier alpha value is -0.643. The minimum Gasteiger partial charge on any atom is -0.499 e. The number of ether oxygens (including phenoxy) is 1. The Kier molecular flexibility index (Phi) is 4.77. The zero-order valence-electron chi connectivity index (χ0n) is 6.92.